The standard InChI is InChI=1S/C49H76O14/c1-12-26(2)44-29(5)18-19-48(63-44)24-35-21-34(62-48)17-16-28(4)43(60-40-23-38(54-10)45(32(8)58-40)61-39-22-37(53-9)42(51)31(7)57-39)27(3)14-13-15-33-25-56-46-41(50)30(6)20-36(47(52)59-35)49(33,46)55-11/h13-16,20,26-27,29,31-32,34-46,50-51H,12,17-19,21-25H2,1-11H3/b14-13-,28-16-,33-15?/t26-,27-,29-,31-,32-,34+,35-,36-,37-,38-,39-,40-,41+,42-,43-,44+,45-,46+,48+,49+/m0/s1. The van der Waals surface area contributed by atoms with E-state index in [0.717, 1.165) is 24.0 Å². The molecule has 14 nitrogen and oxygen atoms in total. The monoisotopic (exact) mass is 889 g/mol. The van der Waals surface area contributed by atoms with E-state index in [0.29, 0.717) is 55.9 Å². The molecule has 20 atom stereocenters. The van der Waals surface area contributed by atoms with Gasteiger partial charge in [-0.1, -0.05) is 64.5 Å². The summed E-state index contributed by atoms with van der Waals surface area (Å²) in [6, 6.07) is 0. The van der Waals surface area contributed by atoms with Gasteiger partial charge in [0, 0.05) is 59.4 Å². The van der Waals surface area contributed by atoms with E-state index in [4.69, 9.17) is 52.1 Å². The molecule has 6 aliphatic heterocycles. The lowest BCUT2D eigenvalue weighted by Crippen LogP contribution is -2.59. The van der Waals surface area contributed by atoms with Crippen LogP contribution in [0.2, 0.25) is 0 Å². The molecule has 1 aliphatic carbocycles. The van der Waals surface area contributed by atoms with Crippen LogP contribution in [-0.4, -0.2) is 141 Å². The van der Waals surface area contributed by atoms with Crippen LogP contribution in [0.4, 0.5) is 0 Å². The topological polar surface area (TPSA) is 159 Å². The number of hydrogen-bond donors (Lipinski definition) is 2. The second-order valence-corrected chi connectivity index (χ2v) is 19.5. The number of hydrogen-bond acceptors (Lipinski definition) is 14. The van der Waals surface area contributed by atoms with E-state index in [-0.39, 0.29) is 30.8 Å². The van der Waals surface area contributed by atoms with Crippen molar-refractivity contribution in [3.05, 3.63) is 47.1 Å². The Balaban J connectivity index is 1.19. The maximum Gasteiger partial charge on any atom is 0.316 e. The number of ether oxygens (including phenoxy) is 11. The molecule has 5 saturated heterocycles. The van der Waals surface area contributed by atoms with E-state index in [1.54, 1.807) is 27.4 Å². The van der Waals surface area contributed by atoms with Gasteiger partial charge in [0.25, 0.3) is 0 Å². The van der Waals surface area contributed by atoms with Crippen molar-refractivity contribution in [3.63, 3.8) is 0 Å². The van der Waals surface area contributed by atoms with Crippen LogP contribution < -0.4 is 0 Å². The normalized spacial score (nSPS) is 48.0. The van der Waals surface area contributed by atoms with Gasteiger partial charge in [-0.3, -0.25) is 4.79 Å². The summed E-state index contributed by atoms with van der Waals surface area (Å²) in [6.45, 7) is 16.6. The van der Waals surface area contributed by atoms with Crippen molar-refractivity contribution in [2.45, 2.75) is 204 Å². The molecule has 0 unspecified atom stereocenters. The third-order valence-corrected chi connectivity index (χ3v) is 15.2. The van der Waals surface area contributed by atoms with Gasteiger partial charge in [-0.2, -0.15) is 0 Å². The zero-order chi connectivity index (χ0) is 45.4. The van der Waals surface area contributed by atoms with Crippen molar-refractivity contribution in [2.24, 2.45) is 23.7 Å². The van der Waals surface area contributed by atoms with Gasteiger partial charge in [-0.05, 0) is 69.1 Å². The first kappa shape index (κ1) is 48.9. The number of esters is 1. The third-order valence-electron chi connectivity index (χ3n) is 15.2. The van der Waals surface area contributed by atoms with Gasteiger partial charge < -0.3 is 62.3 Å². The van der Waals surface area contributed by atoms with Crippen molar-refractivity contribution >= 4 is 5.97 Å². The Bertz CT molecular complexity index is 1690. The number of allylic oxidation sites excluding steroid dienone is 2. The van der Waals surface area contributed by atoms with E-state index >= 15 is 0 Å². The summed E-state index contributed by atoms with van der Waals surface area (Å²) in [5, 5.41) is 22.0. The fraction of sp³-hybridized carbons (Fsp3) is 0.816. The van der Waals surface area contributed by atoms with Gasteiger partial charge in [-0.25, -0.2) is 0 Å². The lowest BCUT2D eigenvalue weighted by molar-refractivity contribution is -0.340. The van der Waals surface area contributed by atoms with Crippen LogP contribution in [0.15, 0.2) is 47.1 Å². The minimum atomic E-state index is -1.28. The van der Waals surface area contributed by atoms with E-state index in [1.165, 1.54) is 0 Å². The van der Waals surface area contributed by atoms with E-state index in [1.807, 2.05) is 32.9 Å². The number of aliphatic hydroxyl groups excluding tert-OH is 2. The highest BCUT2D eigenvalue weighted by Gasteiger charge is 2.61. The summed E-state index contributed by atoms with van der Waals surface area (Å²) in [4.78, 5) is 14.6. The number of carbonyl (C=O) groups excluding carboxylic acids is 1. The summed E-state index contributed by atoms with van der Waals surface area (Å²) < 4.78 is 70.9. The molecule has 0 aromatic heterocycles. The lowest BCUT2D eigenvalue weighted by atomic mass is 9.70. The maximum absolute atomic E-state index is 14.6. The van der Waals surface area contributed by atoms with E-state index in [9.17, 15) is 15.0 Å². The molecule has 2 N–H and O–H groups in total. The van der Waals surface area contributed by atoms with Crippen molar-refractivity contribution in [3.8, 4) is 0 Å². The lowest BCUT2D eigenvalue weighted by Gasteiger charge is -2.51. The Morgan fingerprint density at radius 3 is 2.33 bits per heavy atom. The van der Waals surface area contributed by atoms with Crippen molar-refractivity contribution in [1.29, 1.82) is 0 Å². The van der Waals surface area contributed by atoms with Crippen LogP contribution in [0, 0.1) is 23.7 Å². The highest BCUT2D eigenvalue weighted by atomic mass is 16.7. The highest BCUT2D eigenvalue weighted by Crippen LogP contribution is 2.49. The minimum absolute atomic E-state index is 0.0124. The summed E-state index contributed by atoms with van der Waals surface area (Å²) in [6.07, 6.45) is 7.83. The molecular formula is C49H76O14. The SMILES string of the molecule is CC[C@H](C)[C@H]1O[C@]2(CC[C@@H]1C)C[C@@H]1C[C@@H](C/C=C(/C)[C@@H](O[C@H]3C[C@H](OC)[C@@H](O[C@H]4C[C@H](OC)[C@@H](O)[C@H](C)O4)[C@H](C)O3)[C@@H](C)/C=C\C=C3CO[C@@H]4[C@H](O)C(C)=C[C@@H](C(=O)O1)[C@]34OC)O2. The smallest absolute Gasteiger partial charge is 0.316 e. The third kappa shape index (κ3) is 9.99. The Kier molecular flexibility index (Phi) is 15.9. The van der Waals surface area contributed by atoms with Crippen molar-refractivity contribution < 1.29 is 67.1 Å². The second kappa shape index (κ2) is 20.4. The molecule has 14 heteroatoms. The summed E-state index contributed by atoms with van der Waals surface area (Å²) in [5.41, 5.74) is 1.10. The molecule has 0 aromatic rings. The van der Waals surface area contributed by atoms with Gasteiger partial charge in [0.05, 0.1) is 49.3 Å². The first-order valence-corrected chi connectivity index (χ1v) is 23.6. The van der Waals surface area contributed by atoms with Crippen molar-refractivity contribution in [2.75, 3.05) is 27.9 Å². The number of rotatable bonds is 9. The Morgan fingerprint density at radius 1 is 0.905 bits per heavy atom. The average molecular weight is 889 g/mol. The number of methoxy groups -OCH3 is 3. The van der Waals surface area contributed by atoms with Gasteiger partial charge >= 0.3 is 5.97 Å². The molecule has 63 heavy (non-hydrogen) atoms. The molecule has 0 aromatic carbocycles. The number of fused-ring (bicyclic) bond motifs is 2. The molecule has 6 heterocycles. The van der Waals surface area contributed by atoms with E-state index < -0.39 is 90.8 Å². The van der Waals surface area contributed by atoms with Crippen LogP contribution in [0.25, 0.3) is 0 Å². The van der Waals surface area contributed by atoms with Crippen LogP contribution in [0.3, 0.4) is 0 Å². The molecule has 0 radical (unpaired) electrons. The first-order valence-electron chi connectivity index (χ1n) is 23.6. The molecule has 2 bridgehead atoms. The van der Waals surface area contributed by atoms with Gasteiger partial charge in [0.15, 0.2) is 18.4 Å². The molecule has 0 amide bonds. The Labute approximate surface area is 374 Å². The van der Waals surface area contributed by atoms with Crippen LogP contribution in [0.1, 0.15) is 107 Å². The maximum atomic E-state index is 14.6. The molecule has 0 saturated carbocycles. The second-order valence-electron chi connectivity index (χ2n) is 19.5. The zero-order valence-corrected chi connectivity index (χ0v) is 39.4. The minimum Gasteiger partial charge on any atom is -0.462 e. The molecule has 356 valence electrons. The largest absolute Gasteiger partial charge is 0.462 e. The van der Waals surface area contributed by atoms with Gasteiger partial charge in [0.1, 0.15) is 42.0 Å². The zero-order valence-electron chi connectivity index (χ0n) is 39.4. The molecular weight excluding hydrogens is 813 g/mol. The number of aliphatic hydroxyl groups is 2. The fourth-order valence-corrected chi connectivity index (χ4v) is 11.3. The average Bonchev–Trinajstić information content (AvgIpc) is 3.64. The predicted octanol–water partition coefficient (Wildman–Crippen LogP) is 6.26. The molecule has 5 fully saturated rings. The molecule has 7 rings (SSSR count). The Morgan fingerprint density at radius 2 is 1.62 bits per heavy atom. The highest BCUT2D eigenvalue weighted by molar-refractivity contribution is 5.78. The Hall–Kier alpha value is -2.05. The van der Waals surface area contributed by atoms with Gasteiger partial charge in [-0.15, -0.1) is 0 Å². The van der Waals surface area contributed by atoms with Crippen LogP contribution >= 0.6 is 0 Å². The molecule has 1 spiro atoms. The summed E-state index contributed by atoms with van der Waals surface area (Å²) >= 11 is 0. The van der Waals surface area contributed by atoms with Crippen LogP contribution in [0.5, 0.6) is 0 Å². The quantitative estimate of drug-likeness (QED) is 0.198. The van der Waals surface area contributed by atoms with E-state index in [2.05, 4.69) is 46.8 Å². The number of carbonyl (C=O) groups is 1. The fourth-order valence-electron chi connectivity index (χ4n) is 11.3. The summed E-state index contributed by atoms with van der Waals surface area (Å²) in [5.74, 6) is -1.62. The summed E-state index contributed by atoms with van der Waals surface area (Å²) in [7, 11) is 4.82. The molecule has 7 aliphatic rings. The van der Waals surface area contributed by atoms with Crippen LogP contribution in [-0.2, 0) is 56.9 Å². The predicted molar refractivity (Wildman–Crippen MR) is 232 cm³/mol. The first-order chi connectivity index (χ1) is 30.1. The van der Waals surface area contributed by atoms with Gasteiger partial charge in [0.2, 0.25) is 0 Å². The van der Waals surface area contributed by atoms with Crippen molar-refractivity contribution in [1.82, 2.24) is 0 Å².